The van der Waals surface area contributed by atoms with Crippen LogP contribution in [-0.2, 0) is 14.8 Å². The fraction of sp³-hybridized carbons (Fsp3) is 0.0625. The Bertz CT molecular complexity index is 1030. The van der Waals surface area contributed by atoms with Crippen LogP contribution in [0.5, 0.6) is 5.75 Å². The molecule has 0 aliphatic rings. The van der Waals surface area contributed by atoms with Crippen molar-refractivity contribution in [2.24, 2.45) is 0 Å². The molecule has 9 heteroatoms. The predicted octanol–water partition coefficient (Wildman–Crippen LogP) is 3.36. The number of rotatable bonds is 5. The Morgan fingerprint density at radius 2 is 1.84 bits per heavy atom. The summed E-state index contributed by atoms with van der Waals surface area (Å²) < 4.78 is 31.8. The fourth-order valence-electron chi connectivity index (χ4n) is 2.25. The largest absolute Gasteiger partial charge is 0.483 e. The molecule has 1 heterocycles. The van der Waals surface area contributed by atoms with Gasteiger partial charge in [0.05, 0.1) is 4.90 Å². The van der Waals surface area contributed by atoms with Crippen molar-refractivity contribution < 1.29 is 17.9 Å². The number of nitrogens with one attached hydrogen (secondary N) is 2. The lowest BCUT2D eigenvalue weighted by atomic mass is 10.2. The number of benzene rings is 2. The van der Waals surface area contributed by atoms with Gasteiger partial charge >= 0.3 is 0 Å². The molecule has 1 aromatic heterocycles. The summed E-state index contributed by atoms with van der Waals surface area (Å²) in [5.41, 5.74) is 0.846. The predicted molar refractivity (Wildman–Crippen MR) is 95.6 cm³/mol. The highest BCUT2D eigenvalue weighted by molar-refractivity contribution is 7.90. The first-order valence-electron chi connectivity index (χ1n) is 7.06. The Labute approximate surface area is 153 Å². The number of halogens is 2. The van der Waals surface area contributed by atoms with Gasteiger partial charge in [0.25, 0.3) is 15.9 Å². The maximum atomic E-state index is 12.2. The van der Waals surface area contributed by atoms with E-state index in [9.17, 15) is 13.2 Å². The number of hydrogen-bond donors (Lipinski definition) is 2. The van der Waals surface area contributed by atoms with E-state index < -0.39 is 22.5 Å². The number of H-pyrrole nitrogens is 1. The second-order valence-corrected chi connectivity index (χ2v) is 7.67. The molecule has 0 aliphatic heterocycles. The molecule has 2 N–H and O–H groups in total. The summed E-state index contributed by atoms with van der Waals surface area (Å²) in [7, 11) is -4.10. The highest BCUT2D eigenvalue weighted by atomic mass is 35.5. The lowest BCUT2D eigenvalue weighted by Crippen LogP contribution is -2.34. The standard InChI is InChI=1S/C16H12Cl2N2O4S/c17-10-6-11(18)8-12(7-10)25(22,23)20-16(21)9-24-15-3-1-2-14-13(15)4-5-19-14/h1-8,19H,9H2,(H,20,21). The van der Waals surface area contributed by atoms with Crippen LogP contribution < -0.4 is 9.46 Å². The molecule has 0 saturated carbocycles. The molecule has 0 spiro atoms. The van der Waals surface area contributed by atoms with Gasteiger partial charge in [0.15, 0.2) is 6.61 Å². The molecule has 0 atom stereocenters. The molecule has 0 saturated heterocycles. The van der Waals surface area contributed by atoms with Crippen LogP contribution in [0.15, 0.2) is 53.6 Å². The average molecular weight is 399 g/mol. The maximum absolute atomic E-state index is 12.2. The van der Waals surface area contributed by atoms with E-state index in [-0.39, 0.29) is 14.9 Å². The molecule has 130 valence electrons. The van der Waals surface area contributed by atoms with Crippen molar-refractivity contribution in [2.75, 3.05) is 6.61 Å². The Morgan fingerprint density at radius 3 is 2.56 bits per heavy atom. The average Bonchev–Trinajstić information content (AvgIpc) is 3.00. The zero-order valence-corrected chi connectivity index (χ0v) is 15.0. The summed E-state index contributed by atoms with van der Waals surface area (Å²) in [4.78, 5) is 14.8. The maximum Gasteiger partial charge on any atom is 0.271 e. The van der Waals surface area contributed by atoms with E-state index in [0.29, 0.717) is 5.75 Å². The number of carbonyl (C=O) groups is 1. The third kappa shape index (κ3) is 4.07. The fourth-order valence-corrected chi connectivity index (χ4v) is 3.94. The first kappa shape index (κ1) is 17.6. The second-order valence-electron chi connectivity index (χ2n) is 5.12. The number of aromatic amines is 1. The van der Waals surface area contributed by atoms with Crippen LogP contribution in [0, 0.1) is 0 Å². The Balaban J connectivity index is 1.70. The van der Waals surface area contributed by atoms with Crippen LogP contribution in [0.3, 0.4) is 0 Å². The van der Waals surface area contributed by atoms with Crippen molar-refractivity contribution in [3.63, 3.8) is 0 Å². The SMILES string of the molecule is O=C(COc1cccc2[nH]ccc12)NS(=O)(=O)c1cc(Cl)cc(Cl)c1. The van der Waals surface area contributed by atoms with Crippen LogP contribution in [0.25, 0.3) is 10.9 Å². The second kappa shape index (κ2) is 6.95. The van der Waals surface area contributed by atoms with Gasteiger partial charge < -0.3 is 9.72 Å². The van der Waals surface area contributed by atoms with Gasteiger partial charge in [-0.05, 0) is 36.4 Å². The summed E-state index contributed by atoms with van der Waals surface area (Å²) in [6, 6.07) is 10.9. The molecule has 3 rings (SSSR count). The first-order chi connectivity index (χ1) is 11.8. The number of sulfonamides is 1. The normalized spacial score (nSPS) is 11.4. The van der Waals surface area contributed by atoms with Gasteiger partial charge in [-0.2, -0.15) is 0 Å². The Hall–Kier alpha value is -2.22. The zero-order chi connectivity index (χ0) is 18.0. The van der Waals surface area contributed by atoms with E-state index in [1.54, 1.807) is 24.4 Å². The van der Waals surface area contributed by atoms with Gasteiger partial charge in [-0.1, -0.05) is 29.3 Å². The van der Waals surface area contributed by atoms with Crippen molar-refractivity contribution in [3.05, 3.63) is 58.7 Å². The molecule has 6 nitrogen and oxygen atoms in total. The number of hydrogen-bond acceptors (Lipinski definition) is 4. The minimum Gasteiger partial charge on any atom is -0.483 e. The van der Waals surface area contributed by atoms with Gasteiger partial charge in [0.2, 0.25) is 0 Å². The summed E-state index contributed by atoms with van der Waals surface area (Å²) in [6.45, 7) is -0.460. The van der Waals surface area contributed by atoms with Crippen molar-refractivity contribution >= 4 is 50.0 Å². The van der Waals surface area contributed by atoms with E-state index in [4.69, 9.17) is 27.9 Å². The molecular formula is C16H12Cl2N2O4S. The highest BCUT2D eigenvalue weighted by Crippen LogP contribution is 2.24. The number of fused-ring (bicyclic) bond motifs is 1. The highest BCUT2D eigenvalue weighted by Gasteiger charge is 2.19. The van der Waals surface area contributed by atoms with E-state index in [1.807, 2.05) is 10.8 Å². The molecule has 0 fully saturated rings. The Kier molecular flexibility index (Phi) is 4.89. The number of aromatic nitrogens is 1. The molecule has 0 unspecified atom stereocenters. The lowest BCUT2D eigenvalue weighted by Gasteiger charge is -2.10. The van der Waals surface area contributed by atoms with E-state index in [1.165, 1.54) is 18.2 Å². The molecule has 25 heavy (non-hydrogen) atoms. The summed E-state index contributed by atoms with van der Waals surface area (Å²) in [6.07, 6.45) is 1.74. The van der Waals surface area contributed by atoms with Crippen molar-refractivity contribution in [1.82, 2.24) is 9.71 Å². The van der Waals surface area contributed by atoms with Gasteiger partial charge in [-0.25, -0.2) is 13.1 Å². The topological polar surface area (TPSA) is 88.3 Å². The van der Waals surface area contributed by atoms with Crippen molar-refractivity contribution in [3.8, 4) is 5.75 Å². The van der Waals surface area contributed by atoms with Gasteiger partial charge in [0, 0.05) is 27.1 Å². The molecule has 0 bridgehead atoms. The number of carbonyl (C=O) groups excluding carboxylic acids is 1. The van der Waals surface area contributed by atoms with Gasteiger partial charge in [-0.3, -0.25) is 4.79 Å². The minimum absolute atomic E-state index is 0.149. The van der Waals surface area contributed by atoms with Crippen LogP contribution in [0.4, 0.5) is 0 Å². The van der Waals surface area contributed by atoms with Crippen LogP contribution in [0.1, 0.15) is 0 Å². The quantitative estimate of drug-likeness (QED) is 0.689. The summed E-state index contributed by atoms with van der Waals surface area (Å²) in [5.74, 6) is -0.347. The van der Waals surface area contributed by atoms with Gasteiger partial charge in [0.1, 0.15) is 5.75 Å². The number of amides is 1. The molecular weight excluding hydrogens is 387 g/mol. The first-order valence-corrected chi connectivity index (χ1v) is 9.30. The van der Waals surface area contributed by atoms with E-state index >= 15 is 0 Å². The minimum atomic E-state index is -4.10. The third-order valence-electron chi connectivity index (χ3n) is 3.31. The monoisotopic (exact) mass is 398 g/mol. The molecule has 3 aromatic rings. The molecule has 1 amide bonds. The molecule has 2 aromatic carbocycles. The van der Waals surface area contributed by atoms with Crippen molar-refractivity contribution in [2.45, 2.75) is 4.90 Å². The molecule has 0 aliphatic carbocycles. The van der Waals surface area contributed by atoms with Crippen molar-refractivity contribution in [1.29, 1.82) is 0 Å². The smallest absolute Gasteiger partial charge is 0.271 e. The van der Waals surface area contributed by atoms with Gasteiger partial charge in [-0.15, -0.1) is 0 Å². The summed E-state index contributed by atoms with van der Waals surface area (Å²) in [5, 5.41) is 1.09. The molecule has 0 radical (unpaired) electrons. The van der Waals surface area contributed by atoms with Crippen LogP contribution in [-0.4, -0.2) is 25.9 Å². The van der Waals surface area contributed by atoms with E-state index in [0.717, 1.165) is 10.9 Å². The Morgan fingerprint density at radius 1 is 1.12 bits per heavy atom. The number of ether oxygens (including phenoxy) is 1. The third-order valence-corrected chi connectivity index (χ3v) is 5.10. The van der Waals surface area contributed by atoms with Crippen LogP contribution >= 0.6 is 23.2 Å². The lowest BCUT2D eigenvalue weighted by molar-refractivity contribution is -0.121. The van der Waals surface area contributed by atoms with Crippen LogP contribution in [0.2, 0.25) is 10.0 Å². The summed E-state index contributed by atoms with van der Waals surface area (Å²) >= 11 is 11.6. The van der Waals surface area contributed by atoms with E-state index in [2.05, 4.69) is 4.98 Å². The zero-order valence-electron chi connectivity index (χ0n) is 12.6.